The molecule has 2 nitrogen and oxygen atoms in total. The molecule has 0 aliphatic rings. The Morgan fingerprint density at radius 3 is 1.95 bits per heavy atom. The molecule has 0 saturated heterocycles. The molecular weight excluding hydrogens is 255 g/mol. The van der Waals surface area contributed by atoms with Crippen LogP contribution < -0.4 is 0 Å². The maximum Gasteiger partial charge on any atom is 0.308 e. The van der Waals surface area contributed by atoms with Gasteiger partial charge in [-0.2, -0.15) is 0 Å². The number of hydrogen-bond donors (Lipinski definition) is 0. The van der Waals surface area contributed by atoms with Crippen LogP contribution in [0.2, 0.25) is 0 Å². The van der Waals surface area contributed by atoms with Crippen molar-refractivity contribution in [3.8, 4) is 0 Å². The van der Waals surface area contributed by atoms with Crippen molar-refractivity contribution in [1.82, 2.24) is 0 Å². The van der Waals surface area contributed by atoms with Crippen LogP contribution in [-0.2, 0) is 9.53 Å². The molecule has 1 unspecified atom stereocenters. The van der Waals surface area contributed by atoms with Crippen LogP contribution >= 0.6 is 0 Å². The topological polar surface area (TPSA) is 26.3 Å². The largest absolute Gasteiger partial charge is 0.431 e. The molecule has 3 heteroatoms. The predicted octanol–water partition coefficient (Wildman–Crippen LogP) is 5.94. The number of unbranched alkanes of at least 4 members (excludes halogenated alkanes) is 9. The minimum absolute atomic E-state index is 0.353. The summed E-state index contributed by atoms with van der Waals surface area (Å²) in [5, 5.41) is 0. The van der Waals surface area contributed by atoms with Crippen LogP contribution in [-0.4, -0.2) is 12.3 Å². The van der Waals surface area contributed by atoms with Gasteiger partial charge in [0, 0.05) is 12.8 Å². The molecule has 0 aromatic heterocycles. The second-order valence-corrected chi connectivity index (χ2v) is 5.62. The molecule has 1 atom stereocenters. The molecule has 0 bridgehead atoms. The van der Waals surface area contributed by atoms with Gasteiger partial charge in [0.15, 0.2) is 0 Å². The number of alkyl halides is 1. The third-order valence-corrected chi connectivity index (χ3v) is 3.53. The Morgan fingerprint density at radius 1 is 0.850 bits per heavy atom. The van der Waals surface area contributed by atoms with Crippen molar-refractivity contribution < 1.29 is 13.9 Å². The number of carbonyl (C=O) groups excluding carboxylic acids is 1. The SMILES string of the molecule is CCCCCCCCC(=O)OC(F)CCCCCCC. The van der Waals surface area contributed by atoms with Gasteiger partial charge in [-0.05, 0) is 12.8 Å². The van der Waals surface area contributed by atoms with Crippen molar-refractivity contribution in [3.05, 3.63) is 0 Å². The lowest BCUT2D eigenvalue weighted by Crippen LogP contribution is -2.13. The summed E-state index contributed by atoms with van der Waals surface area (Å²) in [6, 6.07) is 0. The second-order valence-electron chi connectivity index (χ2n) is 5.62. The molecule has 0 N–H and O–H groups in total. The third-order valence-electron chi connectivity index (χ3n) is 3.53. The van der Waals surface area contributed by atoms with Gasteiger partial charge in [-0.15, -0.1) is 0 Å². The van der Waals surface area contributed by atoms with E-state index in [-0.39, 0.29) is 5.97 Å². The van der Waals surface area contributed by atoms with E-state index in [0.717, 1.165) is 38.5 Å². The lowest BCUT2D eigenvalue weighted by molar-refractivity contribution is -0.158. The standard InChI is InChI=1S/C17H33FO2/c1-3-5-7-9-11-13-15-17(19)20-16(18)14-12-10-8-6-4-2/h16H,3-15H2,1-2H3. The Bertz CT molecular complexity index is 219. The Kier molecular flexibility index (Phi) is 14.4. The highest BCUT2D eigenvalue weighted by molar-refractivity contribution is 5.69. The quantitative estimate of drug-likeness (QED) is 0.292. The summed E-state index contributed by atoms with van der Waals surface area (Å²) in [5.74, 6) is -0.374. The minimum Gasteiger partial charge on any atom is -0.431 e. The van der Waals surface area contributed by atoms with Crippen molar-refractivity contribution >= 4 is 5.97 Å². The maximum absolute atomic E-state index is 13.4. The monoisotopic (exact) mass is 288 g/mol. The Labute approximate surface area is 124 Å². The first-order valence-corrected chi connectivity index (χ1v) is 8.54. The Morgan fingerprint density at radius 2 is 1.35 bits per heavy atom. The van der Waals surface area contributed by atoms with Gasteiger partial charge < -0.3 is 4.74 Å². The number of rotatable bonds is 14. The molecule has 0 fully saturated rings. The van der Waals surface area contributed by atoms with E-state index in [0.29, 0.717) is 12.8 Å². The van der Waals surface area contributed by atoms with E-state index in [2.05, 4.69) is 13.8 Å². The van der Waals surface area contributed by atoms with Crippen LogP contribution in [0.1, 0.15) is 97.3 Å². The number of carbonyl (C=O) groups is 1. The second kappa shape index (κ2) is 14.8. The molecule has 0 radical (unpaired) electrons. The van der Waals surface area contributed by atoms with Crippen LogP contribution in [0.5, 0.6) is 0 Å². The van der Waals surface area contributed by atoms with Crippen molar-refractivity contribution in [2.24, 2.45) is 0 Å². The van der Waals surface area contributed by atoms with E-state index in [1.807, 2.05) is 0 Å². The lowest BCUT2D eigenvalue weighted by atomic mass is 10.1. The zero-order valence-corrected chi connectivity index (χ0v) is 13.5. The fourth-order valence-corrected chi connectivity index (χ4v) is 2.22. The summed E-state index contributed by atoms with van der Waals surface area (Å²) in [6.07, 6.45) is 11.4. The average Bonchev–Trinajstić information content (AvgIpc) is 2.42. The van der Waals surface area contributed by atoms with Crippen LogP contribution in [0.3, 0.4) is 0 Å². The lowest BCUT2D eigenvalue weighted by Gasteiger charge is -2.10. The number of halogens is 1. The molecular formula is C17H33FO2. The van der Waals surface area contributed by atoms with E-state index < -0.39 is 6.36 Å². The number of hydrogen-bond acceptors (Lipinski definition) is 2. The third kappa shape index (κ3) is 13.8. The average molecular weight is 288 g/mol. The highest BCUT2D eigenvalue weighted by Crippen LogP contribution is 2.12. The van der Waals surface area contributed by atoms with E-state index in [1.165, 1.54) is 32.1 Å². The molecule has 0 aromatic carbocycles. The fraction of sp³-hybridized carbons (Fsp3) is 0.941. The molecule has 0 aromatic rings. The number of esters is 1. The van der Waals surface area contributed by atoms with Crippen LogP contribution in [0, 0.1) is 0 Å². The van der Waals surface area contributed by atoms with Crippen molar-refractivity contribution in [3.63, 3.8) is 0 Å². The van der Waals surface area contributed by atoms with Crippen LogP contribution in [0.15, 0.2) is 0 Å². The molecule has 0 heterocycles. The van der Waals surface area contributed by atoms with Crippen LogP contribution in [0.4, 0.5) is 4.39 Å². The first-order chi connectivity index (χ1) is 9.70. The Balaban J connectivity index is 3.36. The van der Waals surface area contributed by atoms with Crippen molar-refractivity contribution in [1.29, 1.82) is 0 Å². The molecule has 120 valence electrons. The minimum atomic E-state index is -1.40. The number of ether oxygens (including phenoxy) is 1. The first-order valence-electron chi connectivity index (χ1n) is 8.54. The highest BCUT2D eigenvalue weighted by atomic mass is 19.1. The zero-order valence-electron chi connectivity index (χ0n) is 13.5. The van der Waals surface area contributed by atoms with Crippen LogP contribution in [0.25, 0.3) is 0 Å². The van der Waals surface area contributed by atoms with E-state index in [9.17, 15) is 9.18 Å². The van der Waals surface area contributed by atoms with Gasteiger partial charge in [0.1, 0.15) is 0 Å². The van der Waals surface area contributed by atoms with Gasteiger partial charge in [-0.25, -0.2) is 4.39 Å². The predicted molar refractivity (Wildman–Crippen MR) is 82.4 cm³/mol. The summed E-state index contributed by atoms with van der Waals surface area (Å²) in [7, 11) is 0. The molecule has 0 saturated carbocycles. The molecule has 20 heavy (non-hydrogen) atoms. The Hall–Kier alpha value is -0.600. The van der Waals surface area contributed by atoms with Gasteiger partial charge in [0.25, 0.3) is 0 Å². The summed E-state index contributed by atoms with van der Waals surface area (Å²) in [5.41, 5.74) is 0. The molecule has 0 aliphatic heterocycles. The fourth-order valence-electron chi connectivity index (χ4n) is 2.22. The molecule has 0 aliphatic carbocycles. The smallest absolute Gasteiger partial charge is 0.308 e. The normalized spacial score (nSPS) is 12.3. The molecule has 0 rings (SSSR count). The van der Waals surface area contributed by atoms with Gasteiger partial charge in [0.2, 0.25) is 6.36 Å². The first kappa shape index (κ1) is 19.4. The van der Waals surface area contributed by atoms with Gasteiger partial charge in [-0.3, -0.25) is 4.79 Å². The van der Waals surface area contributed by atoms with Gasteiger partial charge >= 0.3 is 5.97 Å². The van der Waals surface area contributed by atoms with E-state index in [4.69, 9.17) is 4.74 Å². The zero-order chi connectivity index (χ0) is 15.1. The van der Waals surface area contributed by atoms with Crippen molar-refractivity contribution in [2.75, 3.05) is 0 Å². The summed E-state index contributed by atoms with van der Waals surface area (Å²) >= 11 is 0. The molecule has 0 spiro atoms. The molecule has 0 amide bonds. The maximum atomic E-state index is 13.4. The van der Waals surface area contributed by atoms with Gasteiger partial charge in [0.05, 0.1) is 0 Å². The van der Waals surface area contributed by atoms with Crippen molar-refractivity contribution in [2.45, 2.75) is 104 Å². The van der Waals surface area contributed by atoms with E-state index >= 15 is 0 Å². The van der Waals surface area contributed by atoms with E-state index in [1.54, 1.807) is 0 Å². The summed E-state index contributed by atoms with van der Waals surface area (Å²) < 4.78 is 18.2. The summed E-state index contributed by atoms with van der Waals surface area (Å²) in [6.45, 7) is 4.34. The summed E-state index contributed by atoms with van der Waals surface area (Å²) in [4.78, 5) is 11.4. The van der Waals surface area contributed by atoms with Gasteiger partial charge in [-0.1, -0.05) is 71.6 Å². The highest BCUT2D eigenvalue weighted by Gasteiger charge is 2.11.